The summed E-state index contributed by atoms with van der Waals surface area (Å²) < 4.78 is 46.9. The summed E-state index contributed by atoms with van der Waals surface area (Å²) in [6.45, 7) is 0.292. The van der Waals surface area contributed by atoms with Crippen molar-refractivity contribution < 1.29 is 32.2 Å². The van der Waals surface area contributed by atoms with E-state index in [4.69, 9.17) is 9.52 Å². The van der Waals surface area contributed by atoms with Gasteiger partial charge in [-0.15, -0.1) is 0 Å². The zero-order chi connectivity index (χ0) is 14.9. The first kappa shape index (κ1) is 14.4. The molecule has 108 valence electrons. The first-order chi connectivity index (χ1) is 9.30. The molecular formula is C13H11F3O4. The van der Waals surface area contributed by atoms with Crippen molar-refractivity contribution in [1.82, 2.24) is 0 Å². The number of hydrogen-bond acceptors (Lipinski definition) is 3. The molecule has 1 aromatic carbocycles. The fourth-order valence-electron chi connectivity index (χ4n) is 1.73. The van der Waals surface area contributed by atoms with Crippen LogP contribution >= 0.6 is 0 Å². The zero-order valence-electron chi connectivity index (χ0n) is 10.4. The lowest BCUT2D eigenvalue weighted by Crippen LogP contribution is -2.28. The monoisotopic (exact) mass is 288 g/mol. The number of para-hydroxylation sites is 1. The minimum atomic E-state index is -4.50. The van der Waals surface area contributed by atoms with E-state index in [1.807, 2.05) is 0 Å². The van der Waals surface area contributed by atoms with Crippen LogP contribution in [0.25, 0.3) is 11.0 Å². The summed E-state index contributed by atoms with van der Waals surface area (Å²) >= 11 is 0. The largest absolute Gasteiger partial charge is 0.478 e. The summed E-state index contributed by atoms with van der Waals surface area (Å²) in [5.74, 6) is -1.40. The molecule has 2 rings (SSSR count). The average molecular weight is 288 g/mol. The number of benzene rings is 1. The van der Waals surface area contributed by atoms with Crippen LogP contribution in [0.1, 0.15) is 23.0 Å². The number of fused-ring (bicyclic) bond motifs is 1. The number of carbonyl (C=O) groups is 1. The number of halogens is 3. The van der Waals surface area contributed by atoms with Gasteiger partial charge in [0.1, 0.15) is 23.5 Å². The highest BCUT2D eigenvalue weighted by Crippen LogP contribution is 2.28. The van der Waals surface area contributed by atoms with E-state index in [0.29, 0.717) is 11.0 Å². The van der Waals surface area contributed by atoms with Crippen molar-refractivity contribution in [3.8, 4) is 0 Å². The van der Waals surface area contributed by atoms with Gasteiger partial charge in [0.05, 0.1) is 0 Å². The SMILES string of the molecule is CC(OCc1oc2ccccc2c1C(=O)O)C(F)(F)F. The van der Waals surface area contributed by atoms with Gasteiger partial charge in [0, 0.05) is 5.39 Å². The van der Waals surface area contributed by atoms with Crippen molar-refractivity contribution in [2.24, 2.45) is 0 Å². The summed E-state index contributed by atoms with van der Waals surface area (Å²) in [6.07, 6.45) is -6.51. The molecule has 4 nitrogen and oxygen atoms in total. The van der Waals surface area contributed by atoms with E-state index < -0.39 is 24.9 Å². The van der Waals surface area contributed by atoms with E-state index in [1.54, 1.807) is 18.2 Å². The molecule has 0 saturated carbocycles. The maximum Gasteiger partial charge on any atom is 0.414 e. The zero-order valence-corrected chi connectivity index (χ0v) is 10.4. The summed E-state index contributed by atoms with van der Waals surface area (Å²) in [5.41, 5.74) is 0.123. The van der Waals surface area contributed by atoms with Gasteiger partial charge in [-0.1, -0.05) is 18.2 Å². The third kappa shape index (κ3) is 2.77. The molecule has 0 radical (unpaired) electrons. The van der Waals surface area contributed by atoms with Crippen molar-refractivity contribution >= 4 is 16.9 Å². The number of aromatic carboxylic acids is 1. The molecule has 2 aromatic rings. The van der Waals surface area contributed by atoms with Gasteiger partial charge in [-0.05, 0) is 13.0 Å². The Morgan fingerprint density at radius 2 is 2.05 bits per heavy atom. The molecule has 0 aliphatic carbocycles. The predicted molar refractivity (Wildman–Crippen MR) is 63.5 cm³/mol. The van der Waals surface area contributed by atoms with E-state index >= 15 is 0 Å². The summed E-state index contributed by atoms with van der Waals surface area (Å²) in [5, 5.41) is 9.47. The second-order valence-corrected chi connectivity index (χ2v) is 4.20. The number of furan rings is 1. The number of rotatable bonds is 4. The van der Waals surface area contributed by atoms with Crippen LogP contribution in [0.15, 0.2) is 28.7 Å². The Bertz CT molecular complexity index is 630. The minimum Gasteiger partial charge on any atom is -0.478 e. The third-order valence-corrected chi connectivity index (χ3v) is 2.81. The lowest BCUT2D eigenvalue weighted by Gasteiger charge is -2.15. The topological polar surface area (TPSA) is 59.7 Å². The molecule has 0 fully saturated rings. The maximum absolute atomic E-state index is 12.3. The van der Waals surface area contributed by atoms with Crippen LogP contribution in [0.4, 0.5) is 13.2 Å². The van der Waals surface area contributed by atoms with Gasteiger partial charge in [-0.25, -0.2) is 4.79 Å². The van der Waals surface area contributed by atoms with Crippen LogP contribution in [0.3, 0.4) is 0 Å². The van der Waals surface area contributed by atoms with Crippen molar-refractivity contribution in [2.75, 3.05) is 0 Å². The standard InChI is InChI=1S/C13H11F3O4/c1-7(13(14,15)16)19-6-10-11(12(17)18)8-4-2-3-5-9(8)20-10/h2-5,7H,6H2,1H3,(H,17,18). The van der Waals surface area contributed by atoms with E-state index in [2.05, 4.69) is 4.74 Å². The molecule has 0 saturated heterocycles. The van der Waals surface area contributed by atoms with Crippen molar-refractivity contribution in [2.45, 2.75) is 25.8 Å². The number of ether oxygens (including phenoxy) is 1. The van der Waals surface area contributed by atoms with Gasteiger partial charge in [0.25, 0.3) is 0 Å². The summed E-state index contributed by atoms with van der Waals surface area (Å²) in [4.78, 5) is 11.2. The second kappa shape index (κ2) is 5.16. The quantitative estimate of drug-likeness (QED) is 0.933. The Hall–Kier alpha value is -2.02. The lowest BCUT2D eigenvalue weighted by atomic mass is 10.1. The van der Waals surface area contributed by atoms with E-state index in [1.165, 1.54) is 6.07 Å². The molecule has 1 aromatic heterocycles. The van der Waals surface area contributed by atoms with Crippen molar-refractivity contribution in [3.63, 3.8) is 0 Å². The van der Waals surface area contributed by atoms with Crippen LogP contribution in [0.2, 0.25) is 0 Å². The predicted octanol–water partition coefficient (Wildman–Crippen LogP) is 3.60. The summed E-state index contributed by atoms with van der Waals surface area (Å²) in [6, 6.07) is 6.32. The van der Waals surface area contributed by atoms with Crippen LogP contribution in [0.5, 0.6) is 0 Å². The molecule has 0 aliphatic heterocycles. The molecule has 0 amide bonds. The van der Waals surface area contributed by atoms with Gasteiger partial charge in [-0.2, -0.15) is 13.2 Å². The molecule has 7 heteroatoms. The Balaban J connectivity index is 2.30. The molecule has 1 atom stereocenters. The van der Waals surface area contributed by atoms with Crippen molar-refractivity contribution in [3.05, 3.63) is 35.6 Å². The fraction of sp³-hybridized carbons (Fsp3) is 0.308. The van der Waals surface area contributed by atoms with Crippen molar-refractivity contribution in [1.29, 1.82) is 0 Å². The number of alkyl halides is 3. The molecule has 1 unspecified atom stereocenters. The molecular weight excluding hydrogens is 277 g/mol. The average Bonchev–Trinajstić information content (AvgIpc) is 2.72. The van der Waals surface area contributed by atoms with Crippen LogP contribution < -0.4 is 0 Å². The highest BCUT2D eigenvalue weighted by molar-refractivity contribution is 6.03. The van der Waals surface area contributed by atoms with Gasteiger partial charge in [0.2, 0.25) is 0 Å². The van der Waals surface area contributed by atoms with Crippen LogP contribution in [-0.2, 0) is 11.3 Å². The first-order valence-electron chi connectivity index (χ1n) is 5.72. The Kier molecular flexibility index (Phi) is 3.71. The third-order valence-electron chi connectivity index (χ3n) is 2.81. The molecule has 20 heavy (non-hydrogen) atoms. The Morgan fingerprint density at radius 3 is 2.65 bits per heavy atom. The number of carboxylic acid groups (broad SMARTS) is 1. The fourth-order valence-corrected chi connectivity index (χ4v) is 1.73. The lowest BCUT2D eigenvalue weighted by molar-refractivity contribution is -0.218. The maximum atomic E-state index is 12.3. The molecule has 1 N–H and O–H groups in total. The van der Waals surface area contributed by atoms with Gasteiger partial charge in [0.15, 0.2) is 6.10 Å². The van der Waals surface area contributed by atoms with E-state index in [-0.39, 0.29) is 11.3 Å². The normalized spacial score (nSPS) is 13.6. The Morgan fingerprint density at radius 1 is 1.40 bits per heavy atom. The van der Waals surface area contributed by atoms with Crippen LogP contribution in [-0.4, -0.2) is 23.4 Å². The molecule has 1 heterocycles. The highest BCUT2D eigenvalue weighted by Gasteiger charge is 2.37. The molecule has 0 aliphatic rings. The van der Waals surface area contributed by atoms with E-state index in [0.717, 1.165) is 6.92 Å². The van der Waals surface area contributed by atoms with Crippen LogP contribution in [0, 0.1) is 0 Å². The Labute approximate surface area is 111 Å². The smallest absolute Gasteiger partial charge is 0.414 e. The van der Waals surface area contributed by atoms with Gasteiger partial charge in [-0.3, -0.25) is 0 Å². The molecule has 0 bridgehead atoms. The minimum absolute atomic E-state index is 0.130. The molecule has 0 spiro atoms. The number of hydrogen-bond donors (Lipinski definition) is 1. The summed E-state index contributed by atoms with van der Waals surface area (Å²) in [7, 11) is 0. The first-order valence-corrected chi connectivity index (χ1v) is 5.72. The van der Waals surface area contributed by atoms with Gasteiger partial charge >= 0.3 is 12.1 Å². The van der Waals surface area contributed by atoms with E-state index in [9.17, 15) is 18.0 Å². The highest BCUT2D eigenvalue weighted by atomic mass is 19.4. The second-order valence-electron chi connectivity index (χ2n) is 4.20. The number of carboxylic acids is 1. The van der Waals surface area contributed by atoms with Gasteiger partial charge < -0.3 is 14.3 Å².